The van der Waals surface area contributed by atoms with E-state index in [0.29, 0.717) is 5.69 Å². The Balaban J connectivity index is 2.13. The van der Waals surface area contributed by atoms with Crippen LogP contribution in [0.25, 0.3) is 10.2 Å². The number of rotatable bonds is 2. The summed E-state index contributed by atoms with van der Waals surface area (Å²) in [7, 11) is 1.22. The van der Waals surface area contributed by atoms with Crippen molar-refractivity contribution in [2.24, 2.45) is 0 Å². The Morgan fingerprint density at radius 3 is 2.69 bits per heavy atom. The number of nitrogens with one attached hydrogen (secondary N) is 2. The number of carbonyl (C=O) groups excluding carboxylic acids is 2. The van der Waals surface area contributed by atoms with Crippen LogP contribution in [0.4, 0.5) is 4.79 Å². The predicted octanol–water partition coefficient (Wildman–Crippen LogP) is 1.92. The minimum Gasteiger partial charge on any atom is -0.465 e. The molecule has 1 aliphatic carbocycles. The first-order chi connectivity index (χ1) is 12.4. The first-order valence-electron chi connectivity index (χ1n) is 8.43. The fourth-order valence-electron chi connectivity index (χ4n) is 3.21. The minimum absolute atomic E-state index is 0.000493. The van der Waals surface area contributed by atoms with Crippen LogP contribution in [0.15, 0.2) is 10.9 Å². The van der Waals surface area contributed by atoms with Crippen LogP contribution in [0.5, 0.6) is 0 Å². The second-order valence-corrected chi connectivity index (χ2v) is 7.29. The normalized spacial score (nSPS) is 15.0. The van der Waals surface area contributed by atoms with Crippen molar-refractivity contribution in [2.45, 2.75) is 45.1 Å². The van der Waals surface area contributed by atoms with Crippen LogP contribution >= 0.6 is 11.3 Å². The molecule has 0 saturated heterocycles. The number of aromatic nitrogens is 2. The molecule has 0 spiro atoms. The summed E-state index contributed by atoms with van der Waals surface area (Å²) >= 11 is 0.879. The molecule has 8 nitrogen and oxygen atoms in total. The first-order valence-corrected chi connectivity index (χ1v) is 9.25. The van der Waals surface area contributed by atoms with Gasteiger partial charge in [-0.2, -0.15) is 0 Å². The number of methoxy groups -OCH3 is 1. The number of hydrogen-bond donors (Lipinski definition) is 2. The Labute approximate surface area is 153 Å². The van der Waals surface area contributed by atoms with Gasteiger partial charge in [-0.15, -0.1) is 0 Å². The number of aryl methyl sites for hydroxylation is 1. The van der Waals surface area contributed by atoms with Gasteiger partial charge in [0.05, 0.1) is 18.1 Å². The zero-order valence-electron chi connectivity index (χ0n) is 14.6. The van der Waals surface area contributed by atoms with Gasteiger partial charge in [-0.25, -0.2) is 19.1 Å². The molecule has 138 valence electrons. The van der Waals surface area contributed by atoms with Crippen LogP contribution in [0, 0.1) is 12.3 Å². The van der Waals surface area contributed by atoms with Gasteiger partial charge in [0.2, 0.25) is 0 Å². The number of ether oxygens (including phenoxy) is 1. The third kappa shape index (κ3) is 3.39. The van der Waals surface area contributed by atoms with Crippen LogP contribution in [-0.4, -0.2) is 34.7 Å². The Kier molecular flexibility index (Phi) is 5.17. The maximum absolute atomic E-state index is 12.9. The molecule has 1 amide bonds. The van der Waals surface area contributed by atoms with Crippen molar-refractivity contribution in [2.75, 3.05) is 7.11 Å². The molecule has 1 fully saturated rings. The number of fused-ring (bicyclic) bond motifs is 1. The molecule has 0 aliphatic heterocycles. The molecule has 2 heterocycles. The molecule has 2 aromatic heterocycles. The van der Waals surface area contributed by atoms with Gasteiger partial charge in [-0.1, -0.05) is 30.6 Å². The maximum atomic E-state index is 12.9. The van der Waals surface area contributed by atoms with E-state index in [-0.39, 0.29) is 26.6 Å². The Morgan fingerprint density at radius 1 is 1.35 bits per heavy atom. The van der Waals surface area contributed by atoms with E-state index in [1.54, 1.807) is 6.92 Å². The van der Waals surface area contributed by atoms with Gasteiger partial charge in [0.25, 0.3) is 5.56 Å². The van der Waals surface area contributed by atoms with Crippen LogP contribution in [0.2, 0.25) is 0 Å². The smallest absolute Gasteiger partial charge is 0.338 e. The molecule has 26 heavy (non-hydrogen) atoms. The summed E-state index contributed by atoms with van der Waals surface area (Å²) in [5.74, 6) is -0.679. The van der Waals surface area contributed by atoms with Gasteiger partial charge in [0, 0.05) is 11.7 Å². The molecule has 0 aromatic carbocycles. The van der Waals surface area contributed by atoms with Crippen LogP contribution in [0.1, 0.15) is 48.2 Å². The number of esters is 1. The number of hydrogen-bond acceptors (Lipinski definition) is 7. The molecular formula is C17H20N4O4S. The second kappa shape index (κ2) is 7.36. The van der Waals surface area contributed by atoms with Crippen molar-refractivity contribution in [3.8, 4) is 0 Å². The lowest BCUT2D eigenvalue weighted by Gasteiger charge is -2.22. The number of carbonyl (C=O) groups is 2. The van der Waals surface area contributed by atoms with E-state index in [9.17, 15) is 14.4 Å². The van der Waals surface area contributed by atoms with Crippen molar-refractivity contribution < 1.29 is 14.3 Å². The third-order valence-corrected chi connectivity index (χ3v) is 5.33. The number of pyridine rings is 1. The SMILES string of the molecule is COC(=O)c1cc(C)nc2sc(=N)n(C(=O)NC3CCCCC3)c(=O)c12. The van der Waals surface area contributed by atoms with Crippen molar-refractivity contribution in [3.63, 3.8) is 0 Å². The van der Waals surface area contributed by atoms with E-state index >= 15 is 0 Å². The van der Waals surface area contributed by atoms with Crippen LogP contribution in [-0.2, 0) is 4.74 Å². The Hall–Kier alpha value is -2.55. The van der Waals surface area contributed by atoms with Gasteiger partial charge >= 0.3 is 12.0 Å². The zero-order chi connectivity index (χ0) is 18.8. The minimum atomic E-state index is -0.732. The highest BCUT2D eigenvalue weighted by Gasteiger charge is 2.23. The van der Waals surface area contributed by atoms with Crippen molar-refractivity contribution in [3.05, 3.63) is 32.5 Å². The fourth-order valence-corrected chi connectivity index (χ4v) is 4.14. The van der Waals surface area contributed by atoms with Gasteiger partial charge in [-0.05, 0) is 25.8 Å². The molecule has 0 radical (unpaired) electrons. The average Bonchev–Trinajstić information content (AvgIpc) is 2.60. The van der Waals surface area contributed by atoms with E-state index in [4.69, 9.17) is 10.1 Å². The molecule has 1 saturated carbocycles. The molecule has 2 aromatic rings. The van der Waals surface area contributed by atoms with E-state index in [1.165, 1.54) is 13.2 Å². The molecule has 0 unspecified atom stereocenters. The number of nitrogens with zero attached hydrogens (tertiary/aromatic N) is 2. The summed E-state index contributed by atoms with van der Waals surface area (Å²) in [6, 6.07) is 0.816. The summed E-state index contributed by atoms with van der Waals surface area (Å²) < 4.78 is 5.52. The quantitative estimate of drug-likeness (QED) is 0.777. The molecular weight excluding hydrogens is 356 g/mol. The molecule has 2 N–H and O–H groups in total. The Morgan fingerprint density at radius 2 is 2.04 bits per heavy atom. The van der Waals surface area contributed by atoms with Gasteiger partial charge in [0.1, 0.15) is 4.83 Å². The van der Waals surface area contributed by atoms with E-state index in [2.05, 4.69) is 10.3 Å². The summed E-state index contributed by atoms with van der Waals surface area (Å²) in [6.45, 7) is 1.68. The average molecular weight is 376 g/mol. The van der Waals surface area contributed by atoms with Crippen LogP contribution in [0.3, 0.4) is 0 Å². The predicted molar refractivity (Wildman–Crippen MR) is 96.6 cm³/mol. The third-order valence-electron chi connectivity index (χ3n) is 4.47. The lowest BCUT2D eigenvalue weighted by Crippen LogP contribution is -2.47. The summed E-state index contributed by atoms with van der Waals surface area (Å²) in [5, 5.41) is 10.9. The summed E-state index contributed by atoms with van der Waals surface area (Å²) in [6.07, 6.45) is 4.92. The molecule has 9 heteroatoms. The Bertz CT molecular complexity index is 989. The topological polar surface area (TPSA) is 114 Å². The number of amides is 1. The molecule has 3 rings (SSSR count). The monoisotopic (exact) mass is 376 g/mol. The van der Waals surface area contributed by atoms with Crippen molar-refractivity contribution >= 4 is 33.6 Å². The highest BCUT2D eigenvalue weighted by atomic mass is 32.1. The lowest BCUT2D eigenvalue weighted by molar-refractivity contribution is 0.0602. The molecule has 1 aliphatic rings. The first kappa shape index (κ1) is 18.2. The maximum Gasteiger partial charge on any atom is 0.338 e. The van der Waals surface area contributed by atoms with E-state index < -0.39 is 17.6 Å². The summed E-state index contributed by atoms with van der Waals surface area (Å²) in [4.78, 5) is 41.9. The highest BCUT2D eigenvalue weighted by Crippen LogP contribution is 2.19. The largest absolute Gasteiger partial charge is 0.465 e. The van der Waals surface area contributed by atoms with Gasteiger partial charge in [0.15, 0.2) is 4.80 Å². The molecule has 0 atom stereocenters. The fraction of sp³-hybridized carbons (Fsp3) is 0.471. The van der Waals surface area contributed by atoms with Gasteiger partial charge < -0.3 is 10.1 Å². The van der Waals surface area contributed by atoms with Crippen molar-refractivity contribution in [1.29, 1.82) is 5.41 Å². The van der Waals surface area contributed by atoms with Crippen LogP contribution < -0.4 is 15.7 Å². The van der Waals surface area contributed by atoms with E-state index in [0.717, 1.165) is 48.0 Å². The lowest BCUT2D eigenvalue weighted by atomic mass is 9.96. The molecule has 0 bridgehead atoms. The van der Waals surface area contributed by atoms with Crippen molar-refractivity contribution in [1.82, 2.24) is 14.9 Å². The van der Waals surface area contributed by atoms with E-state index in [1.807, 2.05) is 0 Å². The summed E-state index contributed by atoms with van der Waals surface area (Å²) in [5.41, 5.74) is -0.155. The van der Waals surface area contributed by atoms with Gasteiger partial charge in [-0.3, -0.25) is 10.2 Å². The second-order valence-electron chi connectivity index (χ2n) is 6.32. The zero-order valence-corrected chi connectivity index (χ0v) is 15.4. The standard InChI is InChI=1S/C17H20N4O4S/c1-9-8-11(15(23)25-2)12-13(19-9)26-16(18)21(14(12)22)17(24)20-10-6-4-3-5-7-10/h8,10,18H,3-7H2,1-2H3,(H,20,24). The highest BCUT2D eigenvalue weighted by molar-refractivity contribution is 7.15.